The average Bonchev–Trinajstić information content (AvgIpc) is 3.24. The summed E-state index contributed by atoms with van der Waals surface area (Å²) in [5, 5.41) is 3.15. The lowest BCUT2D eigenvalue weighted by Crippen LogP contribution is -2.47. The van der Waals surface area contributed by atoms with Gasteiger partial charge in [0.05, 0.1) is 4.88 Å². The van der Waals surface area contributed by atoms with E-state index in [9.17, 15) is 9.59 Å². The van der Waals surface area contributed by atoms with E-state index in [-0.39, 0.29) is 24.4 Å². The summed E-state index contributed by atoms with van der Waals surface area (Å²) in [5.41, 5.74) is 0. The number of thiophene rings is 1. The van der Waals surface area contributed by atoms with E-state index in [4.69, 9.17) is 0 Å². The van der Waals surface area contributed by atoms with Crippen LogP contribution >= 0.6 is 11.3 Å². The predicted molar refractivity (Wildman–Crippen MR) is 97.4 cm³/mol. The van der Waals surface area contributed by atoms with Gasteiger partial charge >= 0.3 is 0 Å². The Kier molecular flexibility index (Phi) is 5.93. The molecule has 4 nitrogen and oxygen atoms in total. The van der Waals surface area contributed by atoms with Crippen molar-refractivity contribution in [2.45, 2.75) is 76.8 Å². The van der Waals surface area contributed by atoms with Gasteiger partial charge in [-0.2, -0.15) is 0 Å². The Labute approximate surface area is 148 Å². The molecule has 0 saturated heterocycles. The topological polar surface area (TPSA) is 49.4 Å². The SMILES string of the molecule is Cc1ccc(C(=O)N(CC(=O)NC2CCCCC2)C2CCCC2)s1. The molecule has 0 bridgehead atoms. The maximum Gasteiger partial charge on any atom is 0.264 e. The van der Waals surface area contributed by atoms with Gasteiger partial charge in [0.25, 0.3) is 5.91 Å². The maximum absolute atomic E-state index is 12.9. The molecule has 2 aliphatic carbocycles. The van der Waals surface area contributed by atoms with Crippen LogP contribution in [0.3, 0.4) is 0 Å². The zero-order valence-corrected chi connectivity index (χ0v) is 15.4. The first-order valence-electron chi connectivity index (χ1n) is 9.30. The van der Waals surface area contributed by atoms with Crippen molar-refractivity contribution in [2.75, 3.05) is 6.54 Å². The van der Waals surface area contributed by atoms with Crippen LogP contribution in [0.25, 0.3) is 0 Å². The van der Waals surface area contributed by atoms with E-state index in [0.29, 0.717) is 6.04 Å². The van der Waals surface area contributed by atoms with Crippen molar-refractivity contribution in [3.63, 3.8) is 0 Å². The number of nitrogens with zero attached hydrogens (tertiary/aromatic N) is 1. The minimum absolute atomic E-state index is 0.00966. The standard InChI is InChI=1S/C19H28N2O2S/c1-14-11-12-17(24-14)19(23)21(16-9-5-6-10-16)13-18(22)20-15-7-3-2-4-8-15/h11-12,15-16H,2-10,13H2,1H3,(H,20,22). The number of nitrogens with one attached hydrogen (secondary N) is 1. The lowest BCUT2D eigenvalue weighted by molar-refractivity contribution is -0.123. The number of hydrogen-bond donors (Lipinski definition) is 1. The summed E-state index contributed by atoms with van der Waals surface area (Å²) < 4.78 is 0. The van der Waals surface area contributed by atoms with Gasteiger partial charge in [-0.05, 0) is 44.7 Å². The first kappa shape index (κ1) is 17.5. The van der Waals surface area contributed by atoms with E-state index >= 15 is 0 Å². The Morgan fingerprint density at radius 1 is 1.08 bits per heavy atom. The number of rotatable bonds is 5. The van der Waals surface area contributed by atoms with Crippen molar-refractivity contribution >= 4 is 23.2 Å². The molecule has 1 heterocycles. The summed E-state index contributed by atoms with van der Waals surface area (Å²) in [6.45, 7) is 2.22. The Morgan fingerprint density at radius 3 is 2.38 bits per heavy atom. The van der Waals surface area contributed by atoms with E-state index in [1.807, 2.05) is 24.0 Å². The molecule has 2 saturated carbocycles. The molecular weight excluding hydrogens is 320 g/mol. The molecule has 24 heavy (non-hydrogen) atoms. The normalized spacial score (nSPS) is 19.4. The second kappa shape index (κ2) is 8.15. The quantitative estimate of drug-likeness (QED) is 0.877. The highest BCUT2D eigenvalue weighted by atomic mass is 32.1. The number of carbonyl (C=O) groups is 2. The molecule has 5 heteroatoms. The fraction of sp³-hybridized carbons (Fsp3) is 0.684. The van der Waals surface area contributed by atoms with Gasteiger partial charge in [0.2, 0.25) is 5.91 Å². The van der Waals surface area contributed by atoms with Crippen molar-refractivity contribution < 1.29 is 9.59 Å². The average molecular weight is 349 g/mol. The molecule has 0 unspecified atom stereocenters. The van der Waals surface area contributed by atoms with Crippen molar-refractivity contribution in [1.29, 1.82) is 0 Å². The van der Waals surface area contributed by atoms with Crippen LogP contribution in [0, 0.1) is 6.92 Å². The van der Waals surface area contributed by atoms with E-state index < -0.39 is 0 Å². The van der Waals surface area contributed by atoms with Crippen LogP contribution in [0.15, 0.2) is 12.1 Å². The zero-order valence-electron chi connectivity index (χ0n) is 14.6. The summed E-state index contributed by atoms with van der Waals surface area (Å²) in [4.78, 5) is 29.2. The third kappa shape index (κ3) is 4.38. The number of amides is 2. The summed E-state index contributed by atoms with van der Waals surface area (Å²) in [6.07, 6.45) is 10.2. The van der Waals surface area contributed by atoms with Gasteiger partial charge in [-0.15, -0.1) is 11.3 Å². The van der Waals surface area contributed by atoms with Crippen LogP contribution in [0.1, 0.15) is 72.3 Å². The van der Waals surface area contributed by atoms with Crippen LogP contribution < -0.4 is 5.32 Å². The molecule has 2 aliphatic rings. The molecule has 1 aromatic rings. The van der Waals surface area contributed by atoms with Crippen LogP contribution in [0.4, 0.5) is 0 Å². The van der Waals surface area contributed by atoms with E-state index in [2.05, 4.69) is 5.32 Å². The molecule has 1 N–H and O–H groups in total. The smallest absolute Gasteiger partial charge is 0.264 e. The third-order valence-electron chi connectivity index (χ3n) is 5.26. The van der Waals surface area contributed by atoms with E-state index in [1.54, 1.807) is 0 Å². The fourth-order valence-corrected chi connectivity index (χ4v) is 4.77. The predicted octanol–water partition coefficient (Wildman–Crippen LogP) is 3.89. The van der Waals surface area contributed by atoms with Gasteiger partial charge < -0.3 is 10.2 Å². The number of aryl methyl sites for hydroxylation is 1. The molecule has 0 aromatic carbocycles. The summed E-state index contributed by atoms with van der Waals surface area (Å²) in [6, 6.07) is 4.39. The Bertz CT molecular complexity index is 572. The highest BCUT2D eigenvalue weighted by molar-refractivity contribution is 7.13. The number of hydrogen-bond acceptors (Lipinski definition) is 3. The van der Waals surface area contributed by atoms with Crippen LogP contribution in [0.5, 0.6) is 0 Å². The lowest BCUT2D eigenvalue weighted by Gasteiger charge is -2.30. The molecular formula is C19H28N2O2S. The van der Waals surface area contributed by atoms with Gasteiger partial charge in [-0.3, -0.25) is 9.59 Å². The summed E-state index contributed by atoms with van der Waals surface area (Å²) >= 11 is 1.52. The highest BCUT2D eigenvalue weighted by Crippen LogP contribution is 2.27. The zero-order chi connectivity index (χ0) is 16.9. The largest absolute Gasteiger partial charge is 0.352 e. The Hall–Kier alpha value is -1.36. The molecule has 3 rings (SSSR count). The Morgan fingerprint density at radius 2 is 1.75 bits per heavy atom. The molecule has 0 radical (unpaired) electrons. The van der Waals surface area contributed by atoms with Crippen molar-refractivity contribution in [3.05, 3.63) is 21.9 Å². The molecule has 0 aliphatic heterocycles. The highest BCUT2D eigenvalue weighted by Gasteiger charge is 2.30. The third-order valence-corrected chi connectivity index (χ3v) is 6.25. The van der Waals surface area contributed by atoms with Gasteiger partial charge in [-0.1, -0.05) is 32.1 Å². The first-order chi connectivity index (χ1) is 11.6. The minimum atomic E-state index is 0.00966. The second-order valence-corrected chi connectivity index (χ2v) is 8.47. The minimum Gasteiger partial charge on any atom is -0.352 e. The lowest BCUT2D eigenvalue weighted by atomic mass is 9.95. The molecule has 1 aromatic heterocycles. The van der Waals surface area contributed by atoms with Crippen molar-refractivity contribution in [1.82, 2.24) is 10.2 Å². The molecule has 0 spiro atoms. The maximum atomic E-state index is 12.9. The first-order valence-corrected chi connectivity index (χ1v) is 10.1. The van der Waals surface area contributed by atoms with Crippen LogP contribution in [-0.2, 0) is 4.79 Å². The van der Waals surface area contributed by atoms with Crippen molar-refractivity contribution in [2.24, 2.45) is 0 Å². The van der Waals surface area contributed by atoms with E-state index in [1.165, 1.54) is 30.6 Å². The van der Waals surface area contributed by atoms with Crippen LogP contribution in [0.2, 0.25) is 0 Å². The summed E-state index contributed by atoms with van der Waals surface area (Å²) in [5.74, 6) is 0.0363. The van der Waals surface area contributed by atoms with Gasteiger partial charge in [0.1, 0.15) is 6.54 Å². The summed E-state index contributed by atoms with van der Waals surface area (Å²) in [7, 11) is 0. The van der Waals surface area contributed by atoms with Gasteiger partial charge in [0.15, 0.2) is 0 Å². The molecule has 0 atom stereocenters. The van der Waals surface area contributed by atoms with Gasteiger partial charge in [-0.25, -0.2) is 0 Å². The molecule has 132 valence electrons. The molecule has 2 fully saturated rings. The van der Waals surface area contributed by atoms with Gasteiger partial charge in [0, 0.05) is 17.0 Å². The van der Waals surface area contributed by atoms with Crippen LogP contribution in [-0.4, -0.2) is 35.3 Å². The van der Waals surface area contributed by atoms with E-state index in [0.717, 1.165) is 48.3 Å². The van der Waals surface area contributed by atoms with Crippen molar-refractivity contribution in [3.8, 4) is 0 Å². The second-order valence-electron chi connectivity index (χ2n) is 7.18. The molecule has 2 amide bonds. The number of carbonyl (C=O) groups excluding carboxylic acids is 2. The fourth-order valence-electron chi connectivity index (χ4n) is 3.95. The monoisotopic (exact) mass is 348 g/mol. The Balaban J connectivity index is 1.65.